The summed E-state index contributed by atoms with van der Waals surface area (Å²) in [5.41, 5.74) is 10.4. The topological polar surface area (TPSA) is 90.4 Å². The molecule has 0 saturated carbocycles. The molecule has 0 fully saturated rings. The third-order valence-electron chi connectivity index (χ3n) is 4.03. The minimum atomic E-state index is -5.08. The first kappa shape index (κ1) is 22.9. The molecule has 10 heteroatoms. The van der Waals surface area contributed by atoms with Crippen molar-refractivity contribution in [3.05, 3.63) is 60.0 Å². The Balaban J connectivity index is 0.000000396. The molecule has 6 nitrogen and oxygen atoms in total. The Hall–Kier alpha value is -3.40. The first-order valence-corrected chi connectivity index (χ1v) is 8.53. The molecule has 0 radical (unpaired) electrons. The number of aryl methyl sites for hydroxylation is 1. The van der Waals surface area contributed by atoms with Gasteiger partial charge in [0.15, 0.2) is 0 Å². The first-order valence-electron chi connectivity index (χ1n) is 8.53. The average molecular weight is 425 g/mol. The van der Waals surface area contributed by atoms with Gasteiger partial charge in [-0.15, -0.1) is 0 Å². The van der Waals surface area contributed by atoms with Crippen molar-refractivity contribution in [1.29, 1.82) is 0 Å². The fourth-order valence-corrected chi connectivity index (χ4v) is 2.61. The van der Waals surface area contributed by atoms with E-state index in [1.54, 1.807) is 23.9 Å². The maximum atomic E-state index is 13.2. The quantitative estimate of drug-likeness (QED) is 0.617. The second-order valence-electron chi connectivity index (χ2n) is 6.10. The molecule has 0 aliphatic carbocycles. The standard InChI is InChI=1S/C18H18FN3O.C2HF3O2/c1-22-8-7-17(21-22)15-10-16(12-3-5-14(19)6-4-12)18(23-2)9-13(15)11-20;3-2(4,5)1(6)7/h3-10H,11,20H2,1-2H3;(H,6,7). The third kappa shape index (κ3) is 5.57. The highest BCUT2D eigenvalue weighted by Gasteiger charge is 2.38. The van der Waals surface area contributed by atoms with Gasteiger partial charge in [-0.2, -0.15) is 18.3 Å². The van der Waals surface area contributed by atoms with Crippen molar-refractivity contribution in [1.82, 2.24) is 9.78 Å². The van der Waals surface area contributed by atoms with Crippen LogP contribution in [0.5, 0.6) is 5.75 Å². The van der Waals surface area contributed by atoms with E-state index in [1.807, 2.05) is 31.4 Å². The van der Waals surface area contributed by atoms with Crippen LogP contribution in [0.4, 0.5) is 17.6 Å². The molecule has 30 heavy (non-hydrogen) atoms. The van der Waals surface area contributed by atoms with Gasteiger partial charge < -0.3 is 15.6 Å². The molecular weight excluding hydrogens is 406 g/mol. The molecule has 0 unspecified atom stereocenters. The van der Waals surface area contributed by atoms with Gasteiger partial charge in [-0.25, -0.2) is 9.18 Å². The molecule has 160 valence electrons. The summed E-state index contributed by atoms with van der Waals surface area (Å²) < 4.78 is 52.2. The second kappa shape index (κ2) is 9.40. The maximum Gasteiger partial charge on any atom is 0.490 e. The van der Waals surface area contributed by atoms with Crippen LogP contribution in [0.2, 0.25) is 0 Å². The summed E-state index contributed by atoms with van der Waals surface area (Å²) in [5, 5.41) is 11.6. The summed E-state index contributed by atoms with van der Waals surface area (Å²) in [5.74, 6) is -2.32. The minimum absolute atomic E-state index is 0.267. The predicted octanol–water partition coefficient (Wildman–Crippen LogP) is 3.99. The Morgan fingerprint density at radius 2 is 1.77 bits per heavy atom. The summed E-state index contributed by atoms with van der Waals surface area (Å²) in [6, 6.07) is 12.2. The maximum absolute atomic E-state index is 13.2. The number of hydrogen-bond donors (Lipinski definition) is 2. The lowest BCUT2D eigenvalue weighted by molar-refractivity contribution is -0.192. The lowest BCUT2D eigenvalue weighted by Gasteiger charge is -2.14. The normalized spacial score (nSPS) is 10.9. The van der Waals surface area contributed by atoms with Crippen LogP contribution in [-0.4, -0.2) is 34.1 Å². The summed E-state index contributed by atoms with van der Waals surface area (Å²) in [7, 11) is 3.49. The van der Waals surface area contributed by atoms with Gasteiger partial charge in [0.1, 0.15) is 11.6 Å². The zero-order valence-electron chi connectivity index (χ0n) is 16.1. The number of carboxylic acid groups (broad SMARTS) is 1. The Kier molecular flexibility index (Phi) is 7.17. The second-order valence-corrected chi connectivity index (χ2v) is 6.10. The summed E-state index contributed by atoms with van der Waals surface area (Å²) in [6.45, 7) is 0.381. The number of hydrogen-bond acceptors (Lipinski definition) is 4. The van der Waals surface area contributed by atoms with Crippen molar-refractivity contribution in [2.45, 2.75) is 12.7 Å². The summed E-state index contributed by atoms with van der Waals surface area (Å²) >= 11 is 0. The van der Waals surface area contributed by atoms with Gasteiger partial charge in [-0.1, -0.05) is 12.1 Å². The molecule has 0 atom stereocenters. The van der Waals surface area contributed by atoms with Crippen LogP contribution < -0.4 is 10.5 Å². The van der Waals surface area contributed by atoms with E-state index in [4.69, 9.17) is 20.4 Å². The molecule has 3 rings (SSSR count). The van der Waals surface area contributed by atoms with E-state index in [2.05, 4.69) is 5.10 Å². The van der Waals surface area contributed by atoms with Crippen LogP contribution in [0.3, 0.4) is 0 Å². The average Bonchev–Trinajstić information content (AvgIpc) is 3.13. The fourth-order valence-electron chi connectivity index (χ4n) is 2.61. The molecule has 2 aromatic carbocycles. The van der Waals surface area contributed by atoms with E-state index in [9.17, 15) is 17.6 Å². The molecule has 0 spiro atoms. The third-order valence-corrected chi connectivity index (χ3v) is 4.03. The number of methoxy groups -OCH3 is 1. The molecule has 0 amide bonds. The number of ether oxygens (including phenoxy) is 1. The van der Waals surface area contributed by atoms with Crippen molar-refractivity contribution in [2.75, 3.05) is 7.11 Å². The van der Waals surface area contributed by atoms with Gasteiger partial charge >= 0.3 is 12.1 Å². The molecule has 0 aliphatic heterocycles. The molecule has 1 heterocycles. The zero-order chi connectivity index (χ0) is 22.5. The molecule has 1 aromatic heterocycles. The Labute approximate surface area is 169 Å². The van der Waals surface area contributed by atoms with Crippen molar-refractivity contribution in [3.8, 4) is 28.1 Å². The lowest BCUT2D eigenvalue weighted by Crippen LogP contribution is -2.21. The van der Waals surface area contributed by atoms with Crippen LogP contribution >= 0.6 is 0 Å². The number of alkyl halides is 3. The minimum Gasteiger partial charge on any atom is -0.496 e. The number of aromatic nitrogens is 2. The summed E-state index contributed by atoms with van der Waals surface area (Å²) in [6.07, 6.45) is -3.20. The number of nitrogens with zero attached hydrogens (tertiary/aromatic N) is 2. The molecule has 0 aliphatic rings. The largest absolute Gasteiger partial charge is 0.496 e. The monoisotopic (exact) mass is 425 g/mol. The number of benzene rings is 2. The van der Waals surface area contributed by atoms with E-state index < -0.39 is 12.1 Å². The van der Waals surface area contributed by atoms with Gasteiger partial charge in [0.25, 0.3) is 0 Å². The first-order chi connectivity index (χ1) is 14.1. The number of carbonyl (C=O) groups is 1. The van der Waals surface area contributed by atoms with Gasteiger partial charge in [-0.3, -0.25) is 4.68 Å². The molecule has 0 saturated heterocycles. The van der Waals surface area contributed by atoms with Gasteiger partial charge in [0, 0.05) is 30.9 Å². The SMILES string of the molecule is COc1cc(CN)c(-c2ccn(C)n2)cc1-c1ccc(F)cc1.O=C(O)C(F)(F)F. The Morgan fingerprint density at radius 3 is 2.20 bits per heavy atom. The number of carboxylic acids is 1. The Bertz CT molecular complexity index is 1020. The van der Waals surface area contributed by atoms with Crippen molar-refractivity contribution in [3.63, 3.8) is 0 Å². The molecule has 0 bridgehead atoms. The van der Waals surface area contributed by atoms with Crippen LogP contribution in [0, 0.1) is 5.82 Å². The van der Waals surface area contributed by atoms with Crippen molar-refractivity contribution < 1.29 is 32.2 Å². The van der Waals surface area contributed by atoms with Gasteiger partial charge in [0.05, 0.1) is 12.8 Å². The van der Waals surface area contributed by atoms with Crippen LogP contribution in [0.15, 0.2) is 48.7 Å². The van der Waals surface area contributed by atoms with Gasteiger partial charge in [0.2, 0.25) is 0 Å². The number of rotatable bonds is 4. The van der Waals surface area contributed by atoms with Crippen molar-refractivity contribution in [2.24, 2.45) is 12.8 Å². The van der Waals surface area contributed by atoms with Crippen molar-refractivity contribution >= 4 is 5.97 Å². The highest BCUT2D eigenvalue weighted by molar-refractivity contribution is 5.78. The number of aliphatic carboxylic acids is 1. The van der Waals surface area contributed by atoms with Crippen LogP contribution in [0.25, 0.3) is 22.4 Å². The lowest BCUT2D eigenvalue weighted by atomic mass is 9.96. The van der Waals surface area contributed by atoms with E-state index in [-0.39, 0.29) is 5.82 Å². The zero-order valence-corrected chi connectivity index (χ0v) is 16.1. The highest BCUT2D eigenvalue weighted by Crippen LogP contribution is 2.36. The van der Waals surface area contributed by atoms with E-state index >= 15 is 0 Å². The van der Waals surface area contributed by atoms with E-state index in [1.165, 1.54) is 12.1 Å². The highest BCUT2D eigenvalue weighted by atomic mass is 19.4. The van der Waals surface area contributed by atoms with E-state index in [0.717, 1.165) is 27.9 Å². The van der Waals surface area contributed by atoms with Gasteiger partial charge in [-0.05, 0) is 41.5 Å². The van der Waals surface area contributed by atoms with E-state index in [0.29, 0.717) is 12.3 Å². The number of nitrogens with two attached hydrogens (primary N) is 1. The molecular formula is C20H19F4N3O3. The van der Waals surface area contributed by atoms with Crippen LogP contribution in [0.1, 0.15) is 5.56 Å². The summed E-state index contributed by atoms with van der Waals surface area (Å²) in [4.78, 5) is 8.90. The predicted molar refractivity (Wildman–Crippen MR) is 102 cm³/mol. The smallest absolute Gasteiger partial charge is 0.490 e. The molecule has 3 aromatic rings. The fraction of sp³-hybridized carbons (Fsp3) is 0.200. The number of halogens is 4. The molecule has 3 N–H and O–H groups in total. The van der Waals surface area contributed by atoms with Crippen LogP contribution in [-0.2, 0) is 18.4 Å². The Morgan fingerprint density at radius 1 is 1.17 bits per heavy atom.